The molecular formula is C17H16N8O5S. The minimum Gasteiger partial charge on any atom is -0.310 e. The van der Waals surface area contributed by atoms with E-state index in [9.17, 15) is 25.0 Å². The SMILES string of the molecule is Cc1nc(Nc2ncnc(NNC(=O)Cc3ccc([N+](=O)[O-])cc3)c2[N+](=O)[O-])sc1C. The zero-order valence-corrected chi connectivity index (χ0v) is 17.1. The number of non-ortho nitro benzene ring substituents is 1. The predicted molar refractivity (Wildman–Crippen MR) is 112 cm³/mol. The quantitative estimate of drug-likeness (QED) is 0.345. The molecule has 0 saturated heterocycles. The highest BCUT2D eigenvalue weighted by Gasteiger charge is 2.24. The Morgan fingerprint density at radius 2 is 1.74 bits per heavy atom. The Balaban J connectivity index is 1.71. The van der Waals surface area contributed by atoms with Gasteiger partial charge in [0.1, 0.15) is 6.33 Å². The molecule has 0 unspecified atom stereocenters. The highest BCUT2D eigenvalue weighted by molar-refractivity contribution is 7.15. The second-order valence-electron chi connectivity index (χ2n) is 6.24. The Hall–Kier alpha value is -4.20. The molecule has 13 nitrogen and oxygen atoms in total. The van der Waals surface area contributed by atoms with Crippen LogP contribution in [-0.2, 0) is 11.2 Å². The number of hydrogen-bond acceptors (Lipinski definition) is 11. The first kappa shape index (κ1) is 21.5. The first-order chi connectivity index (χ1) is 14.7. The summed E-state index contributed by atoms with van der Waals surface area (Å²) in [6, 6.07) is 5.46. The van der Waals surface area contributed by atoms with Crippen molar-refractivity contribution in [2.24, 2.45) is 0 Å². The summed E-state index contributed by atoms with van der Waals surface area (Å²) < 4.78 is 0. The third kappa shape index (κ3) is 5.24. The fourth-order valence-electron chi connectivity index (χ4n) is 2.46. The van der Waals surface area contributed by atoms with Gasteiger partial charge in [0.2, 0.25) is 17.5 Å². The topological polar surface area (TPSA) is 178 Å². The molecule has 0 radical (unpaired) electrons. The molecule has 3 rings (SSSR count). The van der Waals surface area contributed by atoms with Gasteiger partial charge in [-0.1, -0.05) is 12.1 Å². The highest BCUT2D eigenvalue weighted by atomic mass is 32.1. The summed E-state index contributed by atoms with van der Waals surface area (Å²) in [5, 5.41) is 25.5. The van der Waals surface area contributed by atoms with Crippen LogP contribution in [0.5, 0.6) is 0 Å². The van der Waals surface area contributed by atoms with Crippen molar-refractivity contribution >= 4 is 45.4 Å². The summed E-state index contributed by atoms with van der Waals surface area (Å²) in [7, 11) is 0. The maximum Gasteiger partial charge on any atom is 0.355 e. The molecule has 0 spiro atoms. The van der Waals surface area contributed by atoms with E-state index in [0.717, 1.165) is 16.9 Å². The molecule has 1 amide bonds. The lowest BCUT2D eigenvalue weighted by molar-refractivity contribution is -0.384. The van der Waals surface area contributed by atoms with Crippen LogP contribution >= 0.6 is 11.3 Å². The van der Waals surface area contributed by atoms with Crippen LogP contribution in [-0.4, -0.2) is 30.7 Å². The van der Waals surface area contributed by atoms with Crippen molar-refractivity contribution in [1.82, 2.24) is 20.4 Å². The maximum absolute atomic E-state index is 12.2. The molecule has 0 aliphatic carbocycles. The van der Waals surface area contributed by atoms with E-state index in [1.807, 2.05) is 13.8 Å². The van der Waals surface area contributed by atoms with Crippen molar-refractivity contribution in [3.8, 4) is 0 Å². The Labute approximate surface area is 178 Å². The van der Waals surface area contributed by atoms with E-state index in [2.05, 4.69) is 31.1 Å². The molecule has 160 valence electrons. The molecule has 0 saturated carbocycles. The maximum atomic E-state index is 12.2. The number of anilines is 3. The van der Waals surface area contributed by atoms with Crippen LogP contribution in [0.4, 0.5) is 28.1 Å². The van der Waals surface area contributed by atoms with E-state index in [1.54, 1.807) is 0 Å². The minimum absolute atomic E-state index is 0.0825. The van der Waals surface area contributed by atoms with Gasteiger partial charge in [0.15, 0.2) is 5.13 Å². The van der Waals surface area contributed by atoms with Crippen LogP contribution in [0, 0.1) is 34.1 Å². The molecule has 14 heteroatoms. The number of nitro groups is 2. The van der Waals surface area contributed by atoms with E-state index >= 15 is 0 Å². The van der Waals surface area contributed by atoms with Crippen LogP contribution in [0.3, 0.4) is 0 Å². The normalized spacial score (nSPS) is 10.4. The van der Waals surface area contributed by atoms with Gasteiger partial charge >= 0.3 is 5.69 Å². The molecule has 1 aromatic carbocycles. The summed E-state index contributed by atoms with van der Waals surface area (Å²) in [5.41, 5.74) is 5.51. The molecule has 0 atom stereocenters. The van der Waals surface area contributed by atoms with Crippen molar-refractivity contribution < 1.29 is 14.6 Å². The molecule has 2 aromatic heterocycles. The van der Waals surface area contributed by atoms with Crippen LogP contribution in [0.1, 0.15) is 16.1 Å². The average molecular weight is 444 g/mol. The molecule has 0 aliphatic heterocycles. The van der Waals surface area contributed by atoms with E-state index in [0.29, 0.717) is 10.7 Å². The Morgan fingerprint density at radius 3 is 2.32 bits per heavy atom. The summed E-state index contributed by atoms with van der Waals surface area (Å²) in [4.78, 5) is 46.2. The fraction of sp³-hybridized carbons (Fsp3) is 0.176. The van der Waals surface area contributed by atoms with Gasteiger partial charge in [-0.15, -0.1) is 11.3 Å². The summed E-state index contributed by atoms with van der Waals surface area (Å²) in [5.74, 6) is -0.826. The number of amides is 1. The van der Waals surface area contributed by atoms with Crippen LogP contribution < -0.4 is 16.2 Å². The number of carbonyl (C=O) groups excluding carboxylic acids is 1. The second kappa shape index (κ2) is 9.08. The third-order valence-electron chi connectivity index (χ3n) is 4.09. The Bertz CT molecular complexity index is 1130. The summed E-state index contributed by atoms with van der Waals surface area (Å²) in [6.45, 7) is 3.69. The van der Waals surface area contributed by atoms with Crippen molar-refractivity contribution in [1.29, 1.82) is 0 Å². The van der Waals surface area contributed by atoms with Crippen molar-refractivity contribution in [3.63, 3.8) is 0 Å². The number of nitrogens with zero attached hydrogens (tertiary/aromatic N) is 5. The van der Waals surface area contributed by atoms with Gasteiger partial charge in [0.05, 0.1) is 22.0 Å². The fourth-order valence-corrected chi connectivity index (χ4v) is 3.27. The largest absolute Gasteiger partial charge is 0.355 e. The van der Waals surface area contributed by atoms with Crippen molar-refractivity contribution in [3.05, 3.63) is 67.0 Å². The van der Waals surface area contributed by atoms with Gasteiger partial charge in [-0.05, 0) is 19.4 Å². The predicted octanol–water partition coefficient (Wildman–Crippen LogP) is 2.80. The zero-order valence-electron chi connectivity index (χ0n) is 16.3. The number of aryl methyl sites for hydroxylation is 2. The molecule has 31 heavy (non-hydrogen) atoms. The zero-order chi connectivity index (χ0) is 22.5. The van der Waals surface area contributed by atoms with Crippen LogP contribution in [0.25, 0.3) is 0 Å². The Kier molecular flexibility index (Phi) is 6.30. The number of hydrazine groups is 1. The third-order valence-corrected chi connectivity index (χ3v) is 5.08. The molecule has 0 aliphatic rings. The first-order valence-corrected chi connectivity index (χ1v) is 9.55. The summed E-state index contributed by atoms with van der Waals surface area (Å²) in [6.07, 6.45) is 1.00. The number of nitro benzene ring substituents is 1. The Morgan fingerprint density at radius 1 is 1.06 bits per heavy atom. The molecule has 0 bridgehead atoms. The molecule has 3 aromatic rings. The molecule has 0 fully saturated rings. The van der Waals surface area contributed by atoms with Crippen LogP contribution in [0.2, 0.25) is 0 Å². The van der Waals surface area contributed by atoms with Crippen molar-refractivity contribution in [2.45, 2.75) is 20.3 Å². The van der Waals surface area contributed by atoms with Gasteiger partial charge in [-0.2, -0.15) is 0 Å². The standard InChI is InChI=1S/C17H16N8O5S/c1-9-10(2)31-17(20-9)21-15-14(25(29)30)16(19-8-18-15)23-22-13(26)7-11-3-5-12(6-4-11)24(27)28/h3-6,8H,7H2,1-2H3,(H,22,26)(H2,18,19,20,21,23). The number of benzene rings is 1. The number of thiazole rings is 1. The van der Waals surface area contributed by atoms with Gasteiger partial charge in [-0.25, -0.2) is 15.0 Å². The van der Waals surface area contributed by atoms with Gasteiger partial charge < -0.3 is 5.32 Å². The number of aromatic nitrogens is 3. The lowest BCUT2D eigenvalue weighted by atomic mass is 10.1. The smallest absolute Gasteiger partial charge is 0.310 e. The van der Waals surface area contributed by atoms with E-state index in [1.165, 1.54) is 35.6 Å². The number of nitrogens with one attached hydrogen (secondary N) is 3. The van der Waals surface area contributed by atoms with Gasteiger partial charge in [-0.3, -0.25) is 35.9 Å². The van der Waals surface area contributed by atoms with E-state index < -0.39 is 21.4 Å². The highest BCUT2D eigenvalue weighted by Crippen LogP contribution is 2.32. The van der Waals surface area contributed by atoms with E-state index in [-0.39, 0.29) is 23.7 Å². The van der Waals surface area contributed by atoms with Gasteiger partial charge in [0, 0.05) is 17.0 Å². The lowest BCUT2D eigenvalue weighted by Gasteiger charge is -2.10. The number of hydrogen-bond donors (Lipinski definition) is 3. The number of carbonyl (C=O) groups is 1. The molecular weight excluding hydrogens is 428 g/mol. The monoisotopic (exact) mass is 444 g/mol. The summed E-state index contributed by atoms with van der Waals surface area (Å²) >= 11 is 1.32. The average Bonchev–Trinajstić information content (AvgIpc) is 3.03. The number of rotatable bonds is 8. The minimum atomic E-state index is -0.680. The first-order valence-electron chi connectivity index (χ1n) is 8.73. The molecule has 3 N–H and O–H groups in total. The molecule has 2 heterocycles. The van der Waals surface area contributed by atoms with Gasteiger partial charge in [0.25, 0.3) is 5.69 Å². The second-order valence-corrected chi connectivity index (χ2v) is 7.44. The lowest BCUT2D eigenvalue weighted by Crippen LogP contribution is -2.31. The van der Waals surface area contributed by atoms with Crippen molar-refractivity contribution in [2.75, 3.05) is 10.7 Å². The van der Waals surface area contributed by atoms with E-state index in [4.69, 9.17) is 0 Å². The van der Waals surface area contributed by atoms with Crippen LogP contribution in [0.15, 0.2) is 30.6 Å².